The number of amides is 1. The average Bonchev–Trinajstić information content (AvgIpc) is 3.04. The zero-order valence-corrected chi connectivity index (χ0v) is 13.2. The van der Waals surface area contributed by atoms with Crippen LogP contribution in [0.2, 0.25) is 0 Å². The number of benzene rings is 1. The summed E-state index contributed by atoms with van der Waals surface area (Å²) in [5, 5.41) is 7.51. The molecule has 0 radical (unpaired) electrons. The van der Waals surface area contributed by atoms with Gasteiger partial charge in [0.05, 0.1) is 11.7 Å². The third kappa shape index (κ3) is 2.53. The first-order valence-electron chi connectivity index (χ1n) is 6.97. The zero-order valence-electron chi connectivity index (χ0n) is 12.4. The smallest absolute Gasteiger partial charge is 0.277 e. The second kappa shape index (κ2) is 5.73. The lowest BCUT2D eigenvalue weighted by Gasteiger charge is -2.23. The number of nitrogens with zero attached hydrogens (tertiary/aromatic N) is 3. The first kappa shape index (κ1) is 14.5. The lowest BCUT2D eigenvalue weighted by atomic mass is 10.1. The number of hydrogen-bond donors (Lipinski definition) is 1. The Hall–Kier alpha value is -2.47. The number of thiocarbonyl (C=S) groups is 1. The maximum atomic E-state index is 12.6. The molecule has 6 heteroatoms. The molecule has 1 fully saturated rings. The minimum atomic E-state index is -0.123. The lowest BCUT2D eigenvalue weighted by Crippen LogP contribution is -2.33. The quantitative estimate of drug-likeness (QED) is 0.697. The standard InChI is InChI=1S/C16H16N4OS/c1-11(12-6-4-3-5-7-12)20-15(21)14(18-16(20)22)10-13-8-9-17-19(13)2/h3-11H,1-2H3,(H,18,22)/b14-10-. The normalized spacial score (nSPS) is 17.9. The molecular weight excluding hydrogens is 296 g/mol. The highest BCUT2D eigenvalue weighted by Crippen LogP contribution is 2.25. The maximum absolute atomic E-state index is 12.6. The fraction of sp³-hybridized carbons (Fsp3) is 0.188. The third-order valence-electron chi connectivity index (χ3n) is 3.73. The van der Waals surface area contributed by atoms with Gasteiger partial charge in [0.25, 0.3) is 5.91 Å². The van der Waals surface area contributed by atoms with E-state index < -0.39 is 0 Å². The second-order valence-corrected chi connectivity index (χ2v) is 5.52. The van der Waals surface area contributed by atoms with Crippen molar-refractivity contribution in [3.63, 3.8) is 0 Å². The Bertz CT molecular complexity index is 751. The lowest BCUT2D eigenvalue weighted by molar-refractivity contribution is -0.123. The number of aromatic nitrogens is 2. The van der Waals surface area contributed by atoms with Crippen LogP contribution in [0.4, 0.5) is 0 Å². The molecule has 0 bridgehead atoms. The first-order valence-corrected chi connectivity index (χ1v) is 7.38. The molecule has 5 nitrogen and oxygen atoms in total. The predicted molar refractivity (Wildman–Crippen MR) is 88.6 cm³/mol. The van der Waals surface area contributed by atoms with Crippen molar-refractivity contribution in [3.8, 4) is 0 Å². The van der Waals surface area contributed by atoms with Gasteiger partial charge in [-0.2, -0.15) is 5.10 Å². The summed E-state index contributed by atoms with van der Waals surface area (Å²) in [6, 6.07) is 11.6. The van der Waals surface area contributed by atoms with Crippen LogP contribution in [0.15, 0.2) is 48.3 Å². The monoisotopic (exact) mass is 312 g/mol. The molecule has 0 saturated carbocycles. The molecule has 1 N–H and O–H groups in total. The van der Waals surface area contributed by atoms with Crippen molar-refractivity contribution in [2.24, 2.45) is 7.05 Å². The Labute approximate surface area is 134 Å². The summed E-state index contributed by atoms with van der Waals surface area (Å²) in [6.45, 7) is 1.97. The first-order chi connectivity index (χ1) is 10.6. The molecule has 22 heavy (non-hydrogen) atoms. The van der Waals surface area contributed by atoms with E-state index in [1.54, 1.807) is 21.9 Å². The molecule has 1 aliphatic heterocycles. The Morgan fingerprint density at radius 3 is 2.64 bits per heavy atom. The molecule has 3 rings (SSSR count). The number of aryl methyl sites for hydroxylation is 1. The van der Waals surface area contributed by atoms with Crippen LogP contribution >= 0.6 is 12.2 Å². The molecule has 1 aromatic heterocycles. The number of nitrogens with one attached hydrogen (secondary N) is 1. The van der Waals surface area contributed by atoms with Gasteiger partial charge in [-0.3, -0.25) is 14.4 Å². The molecule has 0 aliphatic carbocycles. The van der Waals surface area contributed by atoms with Crippen molar-refractivity contribution >= 4 is 29.3 Å². The van der Waals surface area contributed by atoms with Crippen molar-refractivity contribution in [3.05, 3.63) is 59.5 Å². The molecule has 1 saturated heterocycles. The molecule has 2 heterocycles. The van der Waals surface area contributed by atoms with Gasteiger partial charge in [-0.05, 0) is 36.8 Å². The van der Waals surface area contributed by atoms with Crippen molar-refractivity contribution in [2.45, 2.75) is 13.0 Å². The average molecular weight is 312 g/mol. The van der Waals surface area contributed by atoms with Gasteiger partial charge in [0.15, 0.2) is 5.11 Å². The van der Waals surface area contributed by atoms with E-state index in [1.807, 2.05) is 50.4 Å². The number of carbonyl (C=O) groups excluding carboxylic acids is 1. The van der Waals surface area contributed by atoms with E-state index >= 15 is 0 Å². The maximum Gasteiger partial charge on any atom is 0.277 e. The topological polar surface area (TPSA) is 50.2 Å². The largest absolute Gasteiger partial charge is 0.328 e. The number of carbonyl (C=O) groups is 1. The van der Waals surface area contributed by atoms with Crippen LogP contribution in [-0.2, 0) is 11.8 Å². The van der Waals surface area contributed by atoms with Crippen LogP contribution in [0.1, 0.15) is 24.2 Å². The van der Waals surface area contributed by atoms with Crippen molar-refractivity contribution in [2.75, 3.05) is 0 Å². The van der Waals surface area contributed by atoms with Gasteiger partial charge in [0.2, 0.25) is 0 Å². The molecule has 1 unspecified atom stereocenters. The molecule has 1 atom stereocenters. The molecule has 1 aliphatic rings. The molecule has 112 valence electrons. The summed E-state index contributed by atoms with van der Waals surface area (Å²) in [5.74, 6) is -0.123. The Morgan fingerprint density at radius 2 is 2.00 bits per heavy atom. The van der Waals surface area contributed by atoms with Gasteiger partial charge in [-0.15, -0.1) is 0 Å². The van der Waals surface area contributed by atoms with Gasteiger partial charge < -0.3 is 5.32 Å². The zero-order chi connectivity index (χ0) is 15.7. The van der Waals surface area contributed by atoms with Crippen LogP contribution in [0.5, 0.6) is 0 Å². The Morgan fingerprint density at radius 1 is 1.27 bits per heavy atom. The van der Waals surface area contributed by atoms with E-state index in [0.717, 1.165) is 11.3 Å². The number of rotatable bonds is 3. The summed E-state index contributed by atoms with van der Waals surface area (Å²) in [4.78, 5) is 14.3. The molecule has 2 aromatic rings. The van der Waals surface area contributed by atoms with E-state index in [2.05, 4.69) is 10.4 Å². The van der Waals surface area contributed by atoms with E-state index in [4.69, 9.17) is 12.2 Å². The Kier molecular flexibility index (Phi) is 3.77. The second-order valence-electron chi connectivity index (χ2n) is 5.13. The molecule has 1 amide bonds. The highest BCUT2D eigenvalue weighted by molar-refractivity contribution is 7.80. The van der Waals surface area contributed by atoms with Crippen LogP contribution < -0.4 is 5.32 Å². The fourth-order valence-electron chi connectivity index (χ4n) is 2.45. The minimum Gasteiger partial charge on any atom is -0.328 e. The third-order valence-corrected chi connectivity index (χ3v) is 4.03. The van der Waals surface area contributed by atoms with E-state index in [0.29, 0.717) is 10.8 Å². The highest BCUT2D eigenvalue weighted by atomic mass is 32.1. The number of hydrogen-bond acceptors (Lipinski definition) is 3. The predicted octanol–water partition coefficient (Wildman–Crippen LogP) is 2.24. The van der Waals surface area contributed by atoms with Crippen LogP contribution in [0.25, 0.3) is 6.08 Å². The fourth-order valence-corrected chi connectivity index (χ4v) is 2.81. The van der Waals surface area contributed by atoms with E-state index in [1.165, 1.54) is 0 Å². The van der Waals surface area contributed by atoms with Gasteiger partial charge in [0, 0.05) is 13.2 Å². The minimum absolute atomic E-state index is 0.119. The SMILES string of the molecule is CC(c1ccccc1)N1C(=O)/C(=C/c2ccnn2C)NC1=S. The summed E-state index contributed by atoms with van der Waals surface area (Å²) in [6.07, 6.45) is 3.45. The van der Waals surface area contributed by atoms with Crippen molar-refractivity contribution in [1.29, 1.82) is 0 Å². The van der Waals surface area contributed by atoms with Crippen LogP contribution in [0.3, 0.4) is 0 Å². The van der Waals surface area contributed by atoms with Crippen LogP contribution in [-0.4, -0.2) is 25.7 Å². The van der Waals surface area contributed by atoms with Gasteiger partial charge in [-0.25, -0.2) is 0 Å². The highest BCUT2D eigenvalue weighted by Gasteiger charge is 2.34. The summed E-state index contributed by atoms with van der Waals surface area (Å²) >= 11 is 5.33. The van der Waals surface area contributed by atoms with Gasteiger partial charge in [0.1, 0.15) is 5.70 Å². The van der Waals surface area contributed by atoms with E-state index in [9.17, 15) is 4.79 Å². The van der Waals surface area contributed by atoms with Crippen molar-refractivity contribution < 1.29 is 4.79 Å². The summed E-state index contributed by atoms with van der Waals surface area (Å²) in [7, 11) is 1.83. The van der Waals surface area contributed by atoms with Crippen LogP contribution in [0, 0.1) is 0 Å². The van der Waals surface area contributed by atoms with Crippen molar-refractivity contribution in [1.82, 2.24) is 20.0 Å². The summed E-state index contributed by atoms with van der Waals surface area (Å²) < 4.78 is 1.70. The molecule has 1 aromatic carbocycles. The molecule has 0 spiro atoms. The van der Waals surface area contributed by atoms with Gasteiger partial charge >= 0.3 is 0 Å². The van der Waals surface area contributed by atoms with Gasteiger partial charge in [-0.1, -0.05) is 30.3 Å². The van der Waals surface area contributed by atoms with E-state index in [-0.39, 0.29) is 11.9 Å². The molecular formula is C16H16N4OS. The Balaban J connectivity index is 1.89. The summed E-state index contributed by atoms with van der Waals surface area (Å²) in [5.41, 5.74) is 2.35.